The molecule has 0 aromatic rings. The van der Waals surface area contributed by atoms with Crippen LogP contribution in [0.15, 0.2) is 36.5 Å². The van der Waals surface area contributed by atoms with Crippen LogP contribution in [-0.4, -0.2) is 205 Å². The van der Waals surface area contributed by atoms with Crippen molar-refractivity contribution in [3.63, 3.8) is 0 Å². The van der Waals surface area contributed by atoms with Gasteiger partial charge in [0.15, 0.2) is 0 Å². The predicted octanol–water partition coefficient (Wildman–Crippen LogP) is -3.59. The van der Waals surface area contributed by atoms with Crippen LogP contribution in [0.3, 0.4) is 0 Å². The first-order valence-electron chi connectivity index (χ1n) is 27.1. The quantitative estimate of drug-likeness (QED) is 0.0626. The van der Waals surface area contributed by atoms with Gasteiger partial charge in [0, 0.05) is 51.4 Å². The Kier molecular flexibility index (Phi) is 18.5. The number of hydrogen-bond donors (Lipinski definition) is 3. The van der Waals surface area contributed by atoms with Crippen molar-refractivity contribution in [2.45, 2.75) is 269 Å². The van der Waals surface area contributed by atoms with E-state index in [1.807, 2.05) is 6.92 Å². The number of aliphatic hydroxyl groups is 3. The zero-order valence-corrected chi connectivity index (χ0v) is 51.6. The van der Waals surface area contributed by atoms with Crippen molar-refractivity contribution in [2.24, 2.45) is 5.92 Å². The largest absolute Gasteiger partial charge is 1.00 e. The molecule has 11 aliphatic heterocycles. The maximum Gasteiger partial charge on any atom is 1.00 e. The smallest absolute Gasteiger partial charge is 0.726 e. The maximum absolute atomic E-state index is 12.3. The molecule has 0 saturated carbocycles. The summed E-state index contributed by atoms with van der Waals surface area (Å²) >= 11 is 0. The first-order valence-corrected chi connectivity index (χ1v) is 29.8. The molecule has 0 aromatic heterocycles. The molecule has 3 N–H and O–H groups in total. The molecule has 0 spiro atoms. The standard InChI is InChI=1S/C52H78O22S2.2Na/c1-25(24-53)9-11-48(4,55)47-26(2)15-36-35(69-47)21-43-52(8,72-36)46(54)45-39(68-43)19-38-44(70-45)27(3)23-51(7)41(67-38)22-40-50(6,74-51)12-10-28-29(66-40)16-31-30(63-28)17-32-33(64-31)18-37-34(65-32)20-42(73-76(59,60)61)49(5,71-37)13-14-62-75(56,57)58;;/h9,11,27-47,53-55H,1-2,10,12-24H2,3-8H3,(H,56,57,58)(H,59,60,61);;/q;2*+1/p-2/b11-9+;;/t27-,28-,29+,30+,31-,32-,33+,34+,35+,36-,37-,38-,39+,40-,41+,42-,43-,44+,45+,46+,47-,48+,49+,50+,51-,52-;;/m0../s1. The van der Waals surface area contributed by atoms with Gasteiger partial charge in [-0.3, -0.25) is 8.37 Å². The molecule has 0 aromatic carbocycles. The van der Waals surface area contributed by atoms with Gasteiger partial charge >= 0.3 is 59.1 Å². The minimum absolute atomic E-state index is 0. The monoisotopic (exact) mass is 1160 g/mol. The Bertz CT molecular complexity index is 2490. The van der Waals surface area contributed by atoms with Crippen LogP contribution in [0.1, 0.15) is 119 Å². The average molecular weight is 1160 g/mol. The van der Waals surface area contributed by atoms with Crippen LogP contribution in [0.4, 0.5) is 0 Å². The number of rotatable bonds is 10. The Hall–Kier alpha value is 0.400. The first-order chi connectivity index (χ1) is 35.5. The van der Waals surface area contributed by atoms with Crippen molar-refractivity contribution in [2.75, 3.05) is 13.2 Å². The Labute approximate surface area is 502 Å². The van der Waals surface area contributed by atoms with Gasteiger partial charge in [-0.1, -0.05) is 32.2 Å². The molecule has 0 aliphatic carbocycles. The van der Waals surface area contributed by atoms with Crippen molar-refractivity contribution >= 4 is 20.8 Å². The molecule has 11 saturated heterocycles. The van der Waals surface area contributed by atoms with Crippen molar-refractivity contribution in [3.8, 4) is 0 Å². The summed E-state index contributed by atoms with van der Waals surface area (Å²) in [6.07, 6.45) is -2.79. The Morgan fingerprint density at radius 3 is 1.94 bits per heavy atom. The van der Waals surface area contributed by atoms with Crippen LogP contribution in [0, 0.1) is 5.92 Å². The minimum Gasteiger partial charge on any atom is -0.726 e. The van der Waals surface area contributed by atoms with Gasteiger partial charge < -0.3 is 76.5 Å². The van der Waals surface area contributed by atoms with E-state index in [-0.39, 0.29) is 133 Å². The topological polar surface area (TPSA) is 295 Å². The van der Waals surface area contributed by atoms with Gasteiger partial charge in [0.1, 0.15) is 35.6 Å². The Balaban J connectivity index is 0.00000370. The summed E-state index contributed by atoms with van der Waals surface area (Å²) in [6, 6.07) is 0. The molecule has 11 fully saturated rings. The predicted molar refractivity (Wildman–Crippen MR) is 260 cm³/mol. The third kappa shape index (κ3) is 12.2. The SMILES string of the molecule is C=C(/C=C/[C@@](C)(O)[C@H]1O[C@@H]2C[C@@H]3O[C@@H]4C[C@@H]5O[C@@H]6C[C@@H]7O[C@@H]8C[C@@H]9O[C@@H]%10C[C@@H]%11O[C@](C)(CCOS(=O)(=O)[O-])[C@@H](OS(=O)(=O)[O-])C[C@H]%11O[C@H]%10C[C@H]9O[C@H]8CC[C@@]7(C)O[C@@]6(C)C[C@H](C)[C@H]5O[C@H]4[C@@H](O)[C@@]3(C)O[C@H]2CC1=C)CO.[Na+].[Na+]. The van der Waals surface area contributed by atoms with E-state index in [0.29, 0.717) is 75.4 Å². The van der Waals surface area contributed by atoms with Crippen molar-refractivity contribution in [3.05, 3.63) is 36.5 Å². The van der Waals surface area contributed by atoms with Crippen LogP contribution >= 0.6 is 0 Å². The molecular weight excluding hydrogens is 1090 g/mol. The molecule has 430 valence electrons. The summed E-state index contributed by atoms with van der Waals surface area (Å²) in [7, 11) is -10.3. The fraction of sp³-hybridized carbons (Fsp3) is 0.885. The summed E-state index contributed by atoms with van der Waals surface area (Å²) in [6.45, 7) is 18.5. The van der Waals surface area contributed by atoms with Gasteiger partial charge in [-0.15, -0.1) is 0 Å². The zero-order valence-electron chi connectivity index (χ0n) is 46.0. The second kappa shape index (κ2) is 22.9. The van der Waals surface area contributed by atoms with Crippen LogP contribution in [0.5, 0.6) is 0 Å². The Morgan fingerprint density at radius 2 is 1.28 bits per heavy atom. The summed E-state index contributed by atoms with van der Waals surface area (Å²) in [4.78, 5) is 0. The van der Waals surface area contributed by atoms with Crippen LogP contribution in [0.2, 0.25) is 0 Å². The van der Waals surface area contributed by atoms with Crippen molar-refractivity contribution < 1.29 is 161 Å². The van der Waals surface area contributed by atoms with E-state index in [4.69, 9.17) is 56.3 Å². The number of hydrogen-bond acceptors (Lipinski definition) is 22. The minimum atomic E-state index is -5.21. The van der Waals surface area contributed by atoms with E-state index in [0.717, 1.165) is 0 Å². The molecule has 11 rings (SSSR count). The van der Waals surface area contributed by atoms with E-state index in [2.05, 4.69) is 38.1 Å². The van der Waals surface area contributed by atoms with Gasteiger partial charge in [-0.2, -0.15) is 0 Å². The third-order valence-corrected chi connectivity index (χ3v) is 20.0. The molecule has 0 unspecified atom stereocenters. The molecule has 0 radical (unpaired) electrons. The maximum atomic E-state index is 12.3. The summed E-state index contributed by atoms with van der Waals surface area (Å²) in [5.41, 5.74) is -4.39. The summed E-state index contributed by atoms with van der Waals surface area (Å²) < 4.78 is 154. The average Bonchev–Trinajstić information content (AvgIpc) is 3.60. The molecule has 26 heteroatoms. The van der Waals surface area contributed by atoms with Gasteiger partial charge in [0.25, 0.3) is 0 Å². The van der Waals surface area contributed by atoms with Gasteiger partial charge in [0.2, 0.25) is 20.8 Å². The molecule has 11 heterocycles. The Morgan fingerprint density at radius 1 is 0.718 bits per heavy atom. The number of aliphatic hydroxyl groups excluding tert-OH is 2. The van der Waals surface area contributed by atoms with E-state index >= 15 is 0 Å². The molecule has 0 amide bonds. The van der Waals surface area contributed by atoms with E-state index in [9.17, 15) is 41.3 Å². The molecule has 26 atom stereocenters. The molecule has 11 aliphatic rings. The second-order valence-electron chi connectivity index (χ2n) is 24.8. The fourth-order valence-electron chi connectivity index (χ4n) is 15.1. The van der Waals surface area contributed by atoms with Gasteiger partial charge in [0.05, 0.1) is 128 Å². The van der Waals surface area contributed by atoms with E-state index < -0.39 is 129 Å². The van der Waals surface area contributed by atoms with Crippen molar-refractivity contribution in [1.82, 2.24) is 0 Å². The molecule has 22 nitrogen and oxygen atoms in total. The van der Waals surface area contributed by atoms with Crippen LogP contribution in [0.25, 0.3) is 0 Å². The van der Waals surface area contributed by atoms with E-state index in [1.54, 1.807) is 19.1 Å². The first kappa shape index (κ1) is 62.9. The molecule has 0 bridgehead atoms. The third-order valence-electron chi connectivity index (χ3n) is 19.0. The van der Waals surface area contributed by atoms with Gasteiger partial charge in [-0.05, 0) is 77.4 Å². The molecule has 78 heavy (non-hydrogen) atoms. The fourth-order valence-corrected chi connectivity index (χ4v) is 16.0. The summed E-state index contributed by atoms with van der Waals surface area (Å²) in [5.74, 6) is -0.0275. The van der Waals surface area contributed by atoms with Gasteiger partial charge in [-0.25, -0.2) is 16.8 Å². The molecular formula is C52H76Na2O22S2. The van der Waals surface area contributed by atoms with Crippen LogP contribution in [-0.2, 0) is 81.3 Å². The second-order valence-corrected chi connectivity index (χ2v) is 26.9. The normalized spacial score (nSPS) is 50.6. The van der Waals surface area contributed by atoms with E-state index in [1.165, 1.54) is 6.92 Å². The number of ether oxygens (including phenoxy) is 11. The number of fused-ring (bicyclic) bond motifs is 10. The zero-order chi connectivity index (χ0) is 54.3. The van der Waals surface area contributed by atoms with Crippen LogP contribution < -0.4 is 59.1 Å². The van der Waals surface area contributed by atoms with Crippen molar-refractivity contribution in [1.29, 1.82) is 0 Å². The summed E-state index contributed by atoms with van der Waals surface area (Å²) in [5, 5.41) is 33.2.